The Kier molecular flexibility index (Phi) is 2.85. The minimum absolute atomic E-state index is 0.0287. The van der Waals surface area contributed by atoms with E-state index >= 15 is 0 Å². The summed E-state index contributed by atoms with van der Waals surface area (Å²) in [6.07, 6.45) is 0. The molecular weight excluding hydrogens is 182 g/mol. The Morgan fingerprint density at radius 2 is 2.21 bits per heavy atom. The summed E-state index contributed by atoms with van der Waals surface area (Å²) in [6.45, 7) is 1.29. The SMILES string of the molecule is Cc1ccc(CO)c(C#N)c1C(=O)O. The number of hydrogen-bond acceptors (Lipinski definition) is 3. The third-order valence-corrected chi connectivity index (χ3v) is 2.00. The van der Waals surface area contributed by atoms with E-state index in [1.54, 1.807) is 25.1 Å². The Labute approximate surface area is 81.0 Å². The van der Waals surface area contributed by atoms with Crippen molar-refractivity contribution in [2.75, 3.05) is 0 Å². The van der Waals surface area contributed by atoms with E-state index < -0.39 is 5.97 Å². The second kappa shape index (κ2) is 3.90. The molecule has 0 radical (unpaired) electrons. The summed E-state index contributed by atoms with van der Waals surface area (Å²) in [5, 5.41) is 26.5. The third-order valence-electron chi connectivity index (χ3n) is 2.00. The zero-order valence-corrected chi connectivity index (χ0v) is 7.61. The maximum atomic E-state index is 10.8. The Hall–Kier alpha value is -1.86. The summed E-state index contributed by atoms with van der Waals surface area (Å²) in [5.74, 6) is -1.14. The number of carboxylic acid groups (broad SMARTS) is 1. The summed E-state index contributed by atoms with van der Waals surface area (Å²) in [5.41, 5.74) is 0.876. The Balaban J connectivity index is 3.53. The molecule has 0 amide bonds. The van der Waals surface area contributed by atoms with Crippen LogP contribution in [0.4, 0.5) is 0 Å². The number of carboxylic acids is 1. The number of aryl methyl sites for hydroxylation is 1. The van der Waals surface area contributed by atoms with Gasteiger partial charge in [-0.1, -0.05) is 12.1 Å². The minimum Gasteiger partial charge on any atom is -0.478 e. The number of benzene rings is 1. The number of carbonyl (C=O) groups is 1. The lowest BCUT2D eigenvalue weighted by Crippen LogP contribution is -2.06. The minimum atomic E-state index is -1.14. The van der Waals surface area contributed by atoms with Crippen LogP contribution in [0.1, 0.15) is 27.0 Å². The van der Waals surface area contributed by atoms with Crippen molar-refractivity contribution in [2.45, 2.75) is 13.5 Å². The molecule has 4 nitrogen and oxygen atoms in total. The highest BCUT2D eigenvalue weighted by atomic mass is 16.4. The molecule has 72 valence electrons. The highest BCUT2D eigenvalue weighted by molar-refractivity contribution is 5.92. The van der Waals surface area contributed by atoms with Crippen molar-refractivity contribution >= 4 is 5.97 Å². The summed E-state index contributed by atoms with van der Waals surface area (Å²) in [4.78, 5) is 10.8. The van der Waals surface area contributed by atoms with Crippen molar-refractivity contribution in [3.63, 3.8) is 0 Å². The first-order chi connectivity index (χ1) is 6.61. The van der Waals surface area contributed by atoms with Crippen LogP contribution < -0.4 is 0 Å². The molecule has 1 rings (SSSR count). The molecule has 0 atom stereocenters. The molecule has 0 saturated heterocycles. The molecule has 2 N–H and O–H groups in total. The van der Waals surface area contributed by atoms with Crippen molar-refractivity contribution in [2.24, 2.45) is 0 Å². The lowest BCUT2D eigenvalue weighted by atomic mass is 9.98. The average Bonchev–Trinajstić information content (AvgIpc) is 2.16. The van der Waals surface area contributed by atoms with E-state index in [0.29, 0.717) is 11.1 Å². The summed E-state index contributed by atoms with van der Waals surface area (Å²) in [6, 6.07) is 4.93. The first-order valence-electron chi connectivity index (χ1n) is 3.98. The molecule has 14 heavy (non-hydrogen) atoms. The molecule has 0 heterocycles. The maximum Gasteiger partial charge on any atom is 0.337 e. The predicted octanol–water partition coefficient (Wildman–Crippen LogP) is 1.06. The maximum absolute atomic E-state index is 10.8. The molecule has 0 aromatic heterocycles. The summed E-state index contributed by atoms with van der Waals surface area (Å²) in [7, 11) is 0. The van der Waals surface area contributed by atoms with Crippen molar-refractivity contribution in [3.05, 3.63) is 34.4 Å². The molecule has 0 bridgehead atoms. The first kappa shape index (κ1) is 10.2. The normalized spacial score (nSPS) is 9.50. The van der Waals surface area contributed by atoms with E-state index in [4.69, 9.17) is 15.5 Å². The number of nitrogens with zero attached hydrogens (tertiary/aromatic N) is 1. The third kappa shape index (κ3) is 1.58. The van der Waals surface area contributed by atoms with Crippen LogP contribution in [0, 0.1) is 18.3 Å². The van der Waals surface area contributed by atoms with E-state index in [1.165, 1.54) is 0 Å². The molecule has 0 fully saturated rings. The quantitative estimate of drug-likeness (QED) is 0.732. The topological polar surface area (TPSA) is 81.3 Å². The van der Waals surface area contributed by atoms with Gasteiger partial charge in [-0.25, -0.2) is 4.79 Å². The van der Waals surface area contributed by atoms with Gasteiger partial charge in [0.15, 0.2) is 0 Å². The second-order valence-corrected chi connectivity index (χ2v) is 2.87. The highest BCUT2D eigenvalue weighted by Gasteiger charge is 2.16. The fraction of sp³-hybridized carbons (Fsp3) is 0.200. The fourth-order valence-electron chi connectivity index (χ4n) is 1.29. The predicted molar refractivity (Wildman–Crippen MR) is 48.8 cm³/mol. The molecule has 4 heteroatoms. The zero-order chi connectivity index (χ0) is 10.7. The van der Waals surface area contributed by atoms with Crippen molar-refractivity contribution < 1.29 is 15.0 Å². The number of aromatic carboxylic acids is 1. The van der Waals surface area contributed by atoms with Gasteiger partial charge in [0.05, 0.1) is 17.7 Å². The van der Waals surface area contributed by atoms with Gasteiger partial charge < -0.3 is 10.2 Å². The van der Waals surface area contributed by atoms with Gasteiger partial charge in [-0.15, -0.1) is 0 Å². The van der Waals surface area contributed by atoms with Crippen LogP contribution in [-0.4, -0.2) is 16.2 Å². The number of nitriles is 1. The molecule has 1 aromatic carbocycles. The molecule has 0 aliphatic rings. The summed E-state index contributed by atoms with van der Waals surface area (Å²) < 4.78 is 0. The molecule has 0 saturated carbocycles. The molecule has 0 aliphatic carbocycles. The highest BCUT2D eigenvalue weighted by Crippen LogP contribution is 2.18. The zero-order valence-electron chi connectivity index (χ0n) is 7.61. The van der Waals surface area contributed by atoms with Crippen molar-refractivity contribution in [3.8, 4) is 6.07 Å². The lowest BCUT2D eigenvalue weighted by molar-refractivity contribution is 0.0695. The Bertz CT molecular complexity index is 418. The number of aliphatic hydroxyl groups excluding tert-OH is 1. The van der Waals surface area contributed by atoms with Gasteiger partial charge in [-0.05, 0) is 18.1 Å². The number of aliphatic hydroxyl groups is 1. The Morgan fingerprint density at radius 3 is 2.64 bits per heavy atom. The van der Waals surface area contributed by atoms with Gasteiger partial charge >= 0.3 is 5.97 Å². The summed E-state index contributed by atoms with van der Waals surface area (Å²) >= 11 is 0. The average molecular weight is 191 g/mol. The van der Waals surface area contributed by atoms with E-state index in [0.717, 1.165) is 0 Å². The lowest BCUT2D eigenvalue weighted by Gasteiger charge is -2.06. The van der Waals surface area contributed by atoms with E-state index in [-0.39, 0.29) is 17.7 Å². The molecule has 1 aromatic rings. The number of rotatable bonds is 2. The monoisotopic (exact) mass is 191 g/mol. The molecule has 0 spiro atoms. The molecule has 0 aliphatic heterocycles. The van der Waals surface area contributed by atoms with E-state index in [2.05, 4.69) is 0 Å². The van der Waals surface area contributed by atoms with Gasteiger partial charge in [-0.3, -0.25) is 0 Å². The van der Waals surface area contributed by atoms with Gasteiger partial charge in [0.2, 0.25) is 0 Å². The van der Waals surface area contributed by atoms with E-state index in [1.807, 2.05) is 0 Å². The van der Waals surface area contributed by atoms with Crippen LogP contribution >= 0.6 is 0 Å². The second-order valence-electron chi connectivity index (χ2n) is 2.87. The van der Waals surface area contributed by atoms with Gasteiger partial charge in [0, 0.05) is 0 Å². The van der Waals surface area contributed by atoms with Crippen LogP contribution in [0.5, 0.6) is 0 Å². The van der Waals surface area contributed by atoms with Crippen molar-refractivity contribution in [1.29, 1.82) is 5.26 Å². The van der Waals surface area contributed by atoms with Gasteiger partial charge in [0.25, 0.3) is 0 Å². The Morgan fingerprint density at radius 1 is 1.57 bits per heavy atom. The van der Waals surface area contributed by atoms with Crippen LogP contribution in [-0.2, 0) is 6.61 Å². The van der Waals surface area contributed by atoms with Crippen LogP contribution in [0.25, 0.3) is 0 Å². The van der Waals surface area contributed by atoms with E-state index in [9.17, 15) is 4.79 Å². The molecular formula is C10H9NO3. The number of hydrogen-bond donors (Lipinski definition) is 2. The van der Waals surface area contributed by atoms with Crippen LogP contribution in [0.15, 0.2) is 12.1 Å². The van der Waals surface area contributed by atoms with Crippen LogP contribution in [0.3, 0.4) is 0 Å². The van der Waals surface area contributed by atoms with Crippen molar-refractivity contribution in [1.82, 2.24) is 0 Å². The van der Waals surface area contributed by atoms with Crippen LogP contribution in [0.2, 0.25) is 0 Å². The molecule has 0 unspecified atom stereocenters. The van der Waals surface area contributed by atoms with Gasteiger partial charge in [-0.2, -0.15) is 5.26 Å². The first-order valence-corrected chi connectivity index (χ1v) is 3.98. The fourth-order valence-corrected chi connectivity index (χ4v) is 1.29. The largest absolute Gasteiger partial charge is 0.478 e. The van der Waals surface area contributed by atoms with Gasteiger partial charge in [0.1, 0.15) is 6.07 Å². The standard InChI is InChI=1S/C10H9NO3/c1-6-2-3-7(5-12)8(4-11)9(6)10(13)14/h2-3,12H,5H2,1H3,(H,13,14). The smallest absolute Gasteiger partial charge is 0.337 e.